The first kappa shape index (κ1) is 16.0. The van der Waals surface area contributed by atoms with Crippen LogP contribution in [0.3, 0.4) is 0 Å². The third-order valence-electron chi connectivity index (χ3n) is 4.79. The van der Waals surface area contributed by atoms with Gasteiger partial charge in [0.05, 0.1) is 18.8 Å². The number of hydrogen-bond acceptors (Lipinski definition) is 5. The lowest BCUT2D eigenvalue weighted by atomic mass is 10.1. The van der Waals surface area contributed by atoms with Crippen molar-refractivity contribution in [2.45, 2.75) is 26.4 Å². The summed E-state index contributed by atoms with van der Waals surface area (Å²) in [4.78, 5) is 0. The number of nitrogens with zero attached hydrogens (tertiary/aromatic N) is 2. The van der Waals surface area contributed by atoms with E-state index in [4.69, 9.17) is 9.15 Å². The van der Waals surface area contributed by atoms with Crippen LogP contribution in [0.2, 0.25) is 0 Å². The number of ether oxygens (including phenoxy) is 1. The Balaban J connectivity index is 1.42. The number of fused-ring (bicyclic) bond motifs is 2. The Bertz CT molecular complexity index is 883. The summed E-state index contributed by atoms with van der Waals surface area (Å²) < 4.78 is 13.5. The molecule has 1 aromatic carbocycles. The van der Waals surface area contributed by atoms with E-state index in [1.807, 2.05) is 25.1 Å². The Morgan fingerprint density at radius 1 is 1.44 bits per heavy atom. The average molecular weight is 340 g/mol. The van der Waals surface area contributed by atoms with Crippen LogP contribution in [0.1, 0.15) is 24.4 Å². The maximum atomic E-state index is 6.03. The second kappa shape index (κ2) is 6.44. The Morgan fingerprint density at radius 2 is 2.32 bits per heavy atom. The Kier molecular flexibility index (Phi) is 4.13. The van der Waals surface area contributed by atoms with Crippen molar-refractivity contribution in [3.63, 3.8) is 0 Å². The topological polar surface area (TPSA) is 64.2 Å². The molecule has 2 aromatic heterocycles. The summed E-state index contributed by atoms with van der Waals surface area (Å²) >= 11 is 0. The molecule has 0 unspecified atom stereocenters. The third-order valence-corrected chi connectivity index (χ3v) is 4.79. The van der Waals surface area contributed by atoms with Gasteiger partial charge in [-0.05, 0) is 26.0 Å². The molecule has 0 bridgehead atoms. The molecule has 0 spiro atoms. The van der Waals surface area contributed by atoms with Gasteiger partial charge in [-0.2, -0.15) is 5.10 Å². The van der Waals surface area contributed by atoms with Gasteiger partial charge in [0, 0.05) is 37.0 Å². The smallest absolute Gasteiger partial charge is 0.176 e. The van der Waals surface area contributed by atoms with Crippen molar-refractivity contribution in [2.24, 2.45) is 5.92 Å². The van der Waals surface area contributed by atoms with Gasteiger partial charge >= 0.3 is 0 Å². The fraction of sp³-hybridized carbons (Fsp3) is 0.421. The molecule has 0 radical (unpaired) electrons. The van der Waals surface area contributed by atoms with E-state index in [2.05, 4.69) is 39.5 Å². The van der Waals surface area contributed by atoms with E-state index in [-0.39, 0.29) is 6.04 Å². The van der Waals surface area contributed by atoms with Crippen LogP contribution < -0.4 is 15.4 Å². The molecule has 3 aromatic rings. The van der Waals surface area contributed by atoms with Gasteiger partial charge in [-0.1, -0.05) is 12.1 Å². The van der Waals surface area contributed by atoms with E-state index in [0.717, 1.165) is 53.6 Å². The lowest BCUT2D eigenvalue weighted by Crippen LogP contribution is -2.36. The minimum Gasteiger partial charge on any atom is -0.493 e. The monoisotopic (exact) mass is 340 g/mol. The first-order valence-electron chi connectivity index (χ1n) is 8.72. The molecule has 6 nitrogen and oxygen atoms in total. The summed E-state index contributed by atoms with van der Waals surface area (Å²) in [5.74, 6) is 3.31. The van der Waals surface area contributed by atoms with Gasteiger partial charge in [0.25, 0.3) is 0 Å². The van der Waals surface area contributed by atoms with Gasteiger partial charge in [0.1, 0.15) is 11.6 Å². The Morgan fingerprint density at radius 3 is 3.16 bits per heavy atom. The number of anilines is 1. The molecule has 0 saturated heterocycles. The van der Waals surface area contributed by atoms with Gasteiger partial charge in [0.15, 0.2) is 11.3 Å². The number of methoxy groups -OCH3 is 1. The van der Waals surface area contributed by atoms with Crippen LogP contribution in [-0.4, -0.2) is 30.0 Å². The lowest BCUT2D eigenvalue weighted by Gasteiger charge is -2.26. The van der Waals surface area contributed by atoms with Gasteiger partial charge in [-0.3, -0.25) is 0 Å². The zero-order chi connectivity index (χ0) is 17.4. The number of rotatable bonds is 5. The van der Waals surface area contributed by atoms with Crippen LogP contribution in [-0.2, 0) is 6.54 Å². The minimum absolute atomic E-state index is 0.137. The molecular formula is C19H24N4O2. The molecule has 4 rings (SSSR count). The van der Waals surface area contributed by atoms with E-state index >= 15 is 0 Å². The number of aryl methyl sites for hydroxylation is 1. The first-order chi connectivity index (χ1) is 12.1. The molecule has 0 fully saturated rings. The van der Waals surface area contributed by atoms with Crippen molar-refractivity contribution in [3.05, 3.63) is 41.8 Å². The molecule has 0 aliphatic carbocycles. The summed E-state index contributed by atoms with van der Waals surface area (Å²) in [5, 5.41) is 12.6. The molecule has 3 heterocycles. The van der Waals surface area contributed by atoms with Gasteiger partial charge in [0.2, 0.25) is 0 Å². The summed E-state index contributed by atoms with van der Waals surface area (Å²) in [7, 11) is 1.67. The summed E-state index contributed by atoms with van der Waals surface area (Å²) in [6.45, 7) is 6.95. The van der Waals surface area contributed by atoms with Crippen LogP contribution in [0.25, 0.3) is 11.0 Å². The summed E-state index contributed by atoms with van der Waals surface area (Å²) in [6.07, 6.45) is 0. The molecule has 1 aliphatic heterocycles. The molecule has 6 heteroatoms. The number of para-hydroxylation sites is 1. The predicted molar refractivity (Wildman–Crippen MR) is 98.1 cm³/mol. The maximum absolute atomic E-state index is 6.03. The third kappa shape index (κ3) is 3.09. The number of hydrogen-bond donors (Lipinski definition) is 2. The van der Waals surface area contributed by atoms with E-state index in [9.17, 15) is 0 Å². The van der Waals surface area contributed by atoms with Crippen LogP contribution in [0.15, 0.2) is 34.7 Å². The van der Waals surface area contributed by atoms with E-state index in [1.54, 1.807) is 7.11 Å². The largest absolute Gasteiger partial charge is 0.493 e. The highest BCUT2D eigenvalue weighted by Crippen LogP contribution is 2.31. The van der Waals surface area contributed by atoms with Crippen molar-refractivity contribution >= 4 is 16.8 Å². The van der Waals surface area contributed by atoms with Gasteiger partial charge < -0.3 is 19.8 Å². The van der Waals surface area contributed by atoms with E-state index in [1.165, 1.54) is 0 Å². The summed E-state index contributed by atoms with van der Waals surface area (Å²) in [6, 6.07) is 10.3. The van der Waals surface area contributed by atoms with Crippen LogP contribution >= 0.6 is 0 Å². The SMILES string of the molecule is COc1cccc2cc([C@H](C)NC[C@H]3CNc4cc(C)nn4C3)oc12. The fourth-order valence-corrected chi connectivity index (χ4v) is 3.40. The van der Waals surface area contributed by atoms with Crippen LogP contribution in [0.5, 0.6) is 5.75 Å². The molecule has 0 saturated carbocycles. The zero-order valence-electron chi connectivity index (χ0n) is 14.9. The van der Waals surface area contributed by atoms with Crippen molar-refractivity contribution in [1.82, 2.24) is 15.1 Å². The highest BCUT2D eigenvalue weighted by molar-refractivity contribution is 5.83. The van der Waals surface area contributed by atoms with Crippen molar-refractivity contribution in [3.8, 4) is 5.75 Å². The quantitative estimate of drug-likeness (QED) is 0.746. The Hall–Kier alpha value is -2.47. The second-order valence-electron chi connectivity index (χ2n) is 6.76. The van der Waals surface area contributed by atoms with Gasteiger partial charge in [-0.25, -0.2) is 4.68 Å². The zero-order valence-corrected chi connectivity index (χ0v) is 14.9. The molecular weight excluding hydrogens is 316 g/mol. The van der Waals surface area contributed by atoms with Crippen molar-refractivity contribution in [2.75, 3.05) is 25.5 Å². The lowest BCUT2D eigenvalue weighted by molar-refractivity contribution is 0.357. The van der Waals surface area contributed by atoms with Crippen LogP contribution in [0, 0.1) is 12.8 Å². The van der Waals surface area contributed by atoms with E-state index < -0.39 is 0 Å². The van der Waals surface area contributed by atoms with E-state index in [0.29, 0.717) is 5.92 Å². The van der Waals surface area contributed by atoms with Gasteiger partial charge in [-0.15, -0.1) is 0 Å². The molecule has 1 aliphatic rings. The predicted octanol–water partition coefficient (Wildman–Crippen LogP) is 3.34. The number of aromatic nitrogens is 2. The highest BCUT2D eigenvalue weighted by atomic mass is 16.5. The molecule has 132 valence electrons. The second-order valence-corrected chi connectivity index (χ2v) is 6.76. The summed E-state index contributed by atoms with van der Waals surface area (Å²) in [5.41, 5.74) is 1.87. The average Bonchev–Trinajstić information content (AvgIpc) is 3.21. The molecule has 0 amide bonds. The molecule has 2 N–H and O–H groups in total. The molecule has 2 atom stereocenters. The minimum atomic E-state index is 0.137. The first-order valence-corrected chi connectivity index (χ1v) is 8.72. The fourth-order valence-electron chi connectivity index (χ4n) is 3.40. The number of nitrogens with one attached hydrogen (secondary N) is 2. The van der Waals surface area contributed by atoms with Crippen LogP contribution in [0.4, 0.5) is 5.82 Å². The standard InChI is InChI=1S/C19H24N4O2/c1-12-7-18-21-10-14(11-23(18)22-12)9-20-13(2)17-8-15-5-4-6-16(24-3)19(15)25-17/h4-8,13-14,20-21H,9-11H2,1-3H3/t13-,14-/m0/s1. The number of furan rings is 1. The normalized spacial score (nSPS) is 18.0. The Labute approximate surface area is 147 Å². The number of benzene rings is 1. The highest BCUT2D eigenvalue weighted by Gasteiger charge is 2.21. The molecule has 25 heavy (non-hydrogen) atoms. The maximum Gasteiger partial charge on any atom is 0.176 e. The van der Waals surface area contributed by atoms with Crippen molar-refractivity contribution in [1.29, 1.82) is 0 Å². The van der Waals surface area contributed by atoms with Crippen molar-refractivity contribution < 1.29 is 9.15 Å².